The fraction of sp³-hybridized carbons (Fsp3) is 0. The van der Waals surface area contributed by atoms with Crippen LogP contribution in [0.25, 0.3) is 93.1 Å². The molecule has 3 aromatic heterocycles. The molecule has 0 atom stereocenters. The minimum absolute atomic E-state index is 0.972. The van der Waals surface area contributed by atoms with Gasteiger partial charge in [0.05, 0.1) is 27.6 Å². The first-order chi connectivity index (χ1) is 26.3. The first kappa shape index (κ1) is 29.5. The van der Waals surface area contributed by atoms with Crippen LogP contribution in [0.2, 0.25) is 0 Å². The lowest BCUT2D eigenvalue weighted by atomic mass is 9.95. The molecule has 0 aliphatic heterocycles. The summed E-state index contributed by atoms with van der Waals surface area (Å²) in [4.78, 5) is 5.16. The average molecular weight is 677 g/mol. The maximum Gasteiger partial charge on any atom is 0.0787 e. The summed E-state index contributed by atoms with van der Waals surface area (Å²) in [5.41, 5.74) is 8.87. The lowest BCUT2D eigenvalue weighted by Crippen LogP contribution is -2.05. The van der Waals surface area contributed by atoms with E-state index in [9.17, 15) is 0 Å². The molecule has 8 aromatic carbocycles. The van der Waals surface area contributed by atoms with E-state index < -0.39 is 0 Å². The Bertz CT molecular complexity index is 3220. The Morgan fingerprint density at radius 2 is 0.774 bits per heavy atom. The number of nitrogens with zero attached hydrogens (tertiary/aromatic N) is 4. The summed E-state index contributed by atoms with van der Waals surface area (Å²) >= 11 is 0. The minimum Gasteiger partial charge on any atom is -0.314 e. The Hall–Kier alpha value is -7.17. The maximum absolute atomic E-state index is 5.16. The zero-order valence-corrected chi connectivity index (χ0v) is 28.8. The van der Waals surface area contributed by atoms with Crippen molar-refractivity contribution < 1.29 is 0 Å². The van der Waals surface area contributed by atoms with E-state index in [0.29, 0.717) is 0 Å². The number of benzene rings is 7. The Morgan fingerprint density at radius 3 is 1.40 bits per heavy atom. The summed E-state index contributed by atoms with van der Waals surface area (Å²) < 4.78 is 7.01. The minimum atomic E-state index is 0.972. The monoisotopic (exact) mass is 676 g/mol. The van der Waals surface area contributed by atoms with Gasteiger partial charge in [0.25, 0.3) is 0 Å². The fourth-order valence-corrected chi connectivity index (χ4v) is 8.42. The van der Waals surface area contributed by atoms with Crippen molar-refractivity contribution in [3.8, 4) is 17.1 Å². The molecule has 0 aliphatic carbocycles. The van der Waals surface area contributed by atoms with Gasteiger partial charge >= 0.3 is 0 Å². The molecule has 0 spiro atoms. The molecule has 11 rings (SSSR count). The third kappa shape index (κ3) is 4.52. The van der Waals surface area contributed by atoms with Crippen LogP contribution in [0, 0.1) is 0 Å². The number of para-hydroxylation sites is 4. The first-order valence-corrected chi connectivity index (χ1v) is 18.0. The quantitative estimate of drug-likeness (QED) is 0.183. The van der Waals surface area contributed by atoms with E-state index in [-0.39, 0.29) is 0 Å². The molecule has 0 unspecified atom stereocenters. The highest BCUT2D eigenvalue weighted by molar-refractivity contribution is 6.26. The van der Waals surface area contributed by atoms with E-state index in [4.69, 9.17) is 4.98 Å². The molecule has 11 aromatic rings. The van der Waals surface area contributed by atoms with Gasteiger partial charge in [-0.05, 0) is 93.7 Å². The molecule has 4 heteroatoms. The van der Waals surface area contributed by atoms with E-state index in [1.165, 1.54) is 43.4 Å². The Kier molecular flexibility index (Phi) is 6.52. The first-order valence-electron chi connectivity index (χ1n) is 18.0. The van der Waals surface area contributed by atoms with E-state index in [2.05, 4.69) is 202 Å². The smallest absolute Gasteiger partial charge is 0.0787 e. The predicted molar refractivity (Wildman–Crippen MR) is 222 cm³/mol. The van der Waals surface area contributed by atoms with Crippen molar-refractivity contribution in [2.45, 2.75) is 0 Å². The van der Waals surface area contributed by atoms with Gasteiger partial charge in [0.1, 0.15) is 0 Å². The third-order valence-electron chi connectivity index (χ3n) is 10.8. The highest BCUT2D eigenvalue weighted by atomic mass is 15.0. The van der Waals surface area contributed by atoms with E-state index >= 15 is 0 Å². The number of rotatable bonds is 3. The Labute approximate surface area is 305 Å². The van der Waals surface area contributed by atoms with E-state index in [0.717, 1.165) is 49.8 Å². The number of hydrogen-bond donors (Lipinski definition) is 0. The van der Waals surface area contributed by atoms with E-state index in [1.807, 2.05) is 6.20 Å². The second-order valence-electron chi connectivity index (χ2n) is 13.6. The molecule has 248 valence electrons. The van der Waals surface area contributed by atoms with Crippen LogP contribution in [0.1, 0.15) is 0 Å². The van der Waals surface area contributed by atoms with Crippen LogP contribution >= 0.6 is 0 Å². The van der Waals surface area contributed by atoms with Crippen LogP contribution in [0.15, 0.2) is 195 Å². The molecule has 0 N–H and O–H groups in total. The molecule has 0 saturated heterocycles. The van der Waals surface area contributed by atoms with Crippen molar-refractivity contribution in [2.75, 3.05) is 0 Å². The zero-order chi connectivity index (χ0) is 34.9. The number of aromatic nitrogens is 4. The van der Waals surface area contributed by atoms with Gasteiger partial charge in [0.2, 0.25) is 0 Å². The number of fused-ring (bicyclic) bond motifs is 12. The van der Waals surface area contributed by atoms with Crippen molar-refractivity contribution in [1.82, 2.24) is 18.7 Å². The molecular formula is C49H32N4. The molecule has 0 bridgehead atoms. The van der Waals surface area contributed by atoms with Gasteiger partial charge in [-0.1, -0.05) is 109 Å². The zero-order valence-electron chi connectivity index (χ0n) is 28.8. The number of pyridine rings is 1. The second-order valence-corrected chi connectivity index (χ2v) is 13.6. The standard InChI is InChI=1S/C49H32N4/c1-3-14-33(15-4-1)51-28-29-52(34-16-5-2-6-17-34)48-32-44-43(31-47(48)51)42-30-35(53-45-23-11-9-20-39(45)40-21-10-12-24-46(40)53)25-26-38(42)36-18-7-8-19-37(36)41-22-13-27-50-49(41)44/h1-32H. The molecule has 0 aliphatic rings. The van der Waals surface area contributed by atoms with Crippen molar-refractivity contribution in [2.24, 2.45) is 0 Å². The van der Waals surface area contributed by atoms with Crippen LogP contribution in [0.5, 0.6) is 0 Å². The lowest BCUT2D eigenvalue weighted by Gasteiger charge is -2.19. The number of hydrogen-bond acceptors (Lipinski definition) is 1. The van der Waals surface area contributed by atoms with Gasteiger partial charge < -0.3 is 13.7 Å². The molecule has 0 fully saturated rings. The summed E-state index contributed by atoms with van der Waals surface area (Å²) in [6, 6.07) is 63.4. The van der Waals surface area contributed by atoms with E-state index in [1.54, 1.807) is 0 Å². The van der Waals surface area contributed by atoms with Crippen LogP contribution in [-0.4, -0.2) is 18.7 Å². The summed E-state index contributed by atoms with van der Waals surface area (Å²) in [5, 5.41) is 10.6. The Morgan fingerprint density at radius 1 is 0.302 bits per heavy atom. The van der Waals surface area contributed by atoms with Crippen molar-refractivity contribution >= 4 is 76.1 Å². The fourth-order valence-electron chi connectivity index (χ4n) is 8.42. The highest BCUT2D eigenvalue weighted by Crippen LogP contribution is 2.39. The van der Waals surface area contributed by atoms with Gasteiger partial charge in [-0.15, -0.1) is 0 Å². The van der Waals surface area contributed by atoms with Gasteiger partial charge in [0, 0.05) is 57.2 Å². The van der Waals surface area contributed by atoms with Gasteiger partial charge in [-0.25, -0.2) is 0 Å². The molecule has 0 saturated carbocycles. The van der Waals surface area contributed by atoms with Crippen molar-refractivity contribution in [1.29, 1.82) is 0 Å². The maximum atomic E-state index is 5.16. The van der Waals surface area contributed by atoms with Crippen LogP contribution in [-0.2, 0) is 0 Å². The van der Waals surface area contributed by atoms with Crippen LogP contribution in [0.3, 0.4) is 0 Å². The predicted octanol–water partition coefficient (Wildman–Crippen LogP) is 12.7. The topological polar surface area (TPSA) is 27.7 Å². The normalized spacial score (nSPS) is 11.8. The molecular weight excluding hydrogens is 645 g/mol. The summed E-state index contributed by atoms with van der Waals surface area (Å²) in [6.45, 7) is 0. The largest absolute Gasteiger partial charge is 0.314 e. The van der Waals surface area contributed by atoms with Crippen molar-refractivity contribution in [3.63, 3.8) is 0 Å². The second kappa shape index (κ2) is 11.7. The highest BCUT2D eigenvalue weighted by Gasteiger charge is 2.17. The molecule has 3 heterocycles. The van der Waals surface area contributed by atoms with Gasteiger partial charge in [-0.3, -0.25) is 4.98 Å². The summed E-state index contributed by atoms with van der Waals surface area (Å²) in [7, 11) is 0. The molecule has 53 heavy (non-hydrogen) atoms. The van der Waals surface area contributed by atoms with Crippen LogP contribution < -0.4 is 0 Å². The van der Waals surface area contributed by atoms with Crippen molar-refractivity contribution in [3.05, 3.63) is 195 Å². The van der Waals surface area contributed by atoms with Crippen LogP contribution in [0.4, 0.5) is 0 Å². The summed E-state index contributed by atoms with van der Waals surface area (Å²) in [6.07, 6.45) is 6.27. The SMILES string of the molecule is c1ccc(-n2ccn(-c3ccccc3)c3cc4c(cc32)c2cc(-n3c5ccccc5c5ccccc53)ccc2c2ccccc2c2cccnc24)cc1. The molecule has 0 radical (unpaired) electrons. The molecule has 4 nitrogen and oxygen atoms in total. The average Bonchev–Trinajstić information content (AvgIpc) is 3.57. The molecule has 0 amide bonds. The van der Waals surface area contributed by atoms with Gasteiger partial charge in [0.15, 0.2) is 0 Å². The van der Waals surface area contributed by atoms with Gasteiger partial charge in [-0.2, -0.15) is 0 Å². The Balaban J connectivity index is 1.38. The summed E-state index contributed by atoms with van der Waals surface area (Å²) in [5.74, 6) is 0. The third-order valence-corrected chi connectivity index (χ3v) is 10.8. The lowest BCUT2D eigenvalue weighted by molar-refractivity contribution is 1.01.